The van der Waals surface area contributed by atoms with E-state index in [4.69, 9.17) is 15.7 Å². The third-order valence-electron chi connectivity index (χ3n) is 2.79. The van der Waals surface area contributed by atoms with Crippen molar-refractivity contribution in [3.05, 3.63) is 52.0 Å². The summed E-state index contributed by atoms with van der Waals surface area (Å²) in [6, 6.07) is 13.2. The zero-order valence-electron chi connectivity index (χ0n) is 10.5. The number of halogens is 1. The van der Waals surface area contributed by atoms with E-state index in [9.17, 15) is 0 Å². The molecule has 2 aromatic carbocycles. The Bertz CT molecular complexity index is 647. The van der Waals surface area contributed by atoms with Gasteiger partial charge in [-0.05, 0) is 52.2 Å². The number of nitriles is 1. The van der Waals surface area contributed by atoms with Crippen molar-refractivity contribution in [2.75, 3.05) is 5.73 Å². The minimum absolute atomic E-state index is 0.460. The van der Waals surface area contributed by atoms with Crippen LogP contribution in [0.5, 0.6) is 11.5 Å². The van der Waals surface area contributed by atoms with Gasteiger partial charge in [0.1, 0.15) is 23.1 Å². The molecule has 0 aliphatic rings. The number of ether oxygens (including phenoxy) is 1. The van der Waals surface area contributed by atoms with Crippen LogP contribution in [0.4, 0.5) is 5.69 Å². The van der Waals surface area contributed by atoms with Crippen LogP contribution < -0.4 is 10.5 Å². The second-order valence-corrected chi connectivity index (χ2v) is 4.91. The standard InChI is InChI=1S/C15H13BrN2O/c1-2-10-6-7-15(13(18)8-10)19-14-5-3-4-12(16)11(14)9-17/h3-8H,2,18H2,1H3. The smallest absolute Gasteiger partial charge is 0.150 e. The van der Waals surface area contributed by atoms with E-state index in [-0.39, 0.29) is 0 Å². The van der Waals surface area contributed by atoms with Crippen LogP contribution in [0.25, 0.3) is 0 Å². The van der Waals surface area contributed by atoms with Crippen LogP contribution in [0, 0.1) is 11.3 Å². The summed E-state index contributed by atoms with van der Waals surface area (Å²) in [5.74, 6) is 1.06. The molecular formula is C15H13BrN2O. The highest BCUT2D eigenvalue weighted by molar-refractivity contribution is 9.10. The van der Waals surface area contributed by atoms with Crippen molar-refractivity contribution in [3.8, 4) is 17.6 Å². The highest BCUT2D eigenvalue weighted by Crippen LogP contribution is 2.33. The quantitative estimate of drug-likeness (QED) is 0.861. The molecule has 0 saturated heterocycles. The average Bonchev–Trinajstić information content (AvgIpc) is 2.41. The van der Waals surface area contributed by atoms with Crippen molar-refractivity contribution in [2.45, 2.75) is 13.3 Å². The molecule has 0 bridgehead atoms. The molecule has 0 fully saturated rings. The number of nitrogens with two attached hydrogens (primary N) is 1. The predicted molar refractivity (Wildman–Crippen MR) is 79.2 cm³/mol. The maximum atomic E-state index is 9.14. The number of anilines is 1. The number of aryl methyl sites for hydroxylation is 1. The summed E-state index contributed by atoms with van der Waals surface area (Å²) in [4.78, 5) is 0. The molecule has 19 heavy (non-hydrogen) atoms. The van der Waals surface area contributed by atoms with Gasteiger partial charge in [-0.2, -0.15) is 5.26 Å². The number of nitrogens with zero attached hydrogens (tertiary/aromatic N) is 1. The maximum Gasteiger partial charge on any atom is 0.150 e. The topological polar surface area (TPSA) is 59.0 Å². The maximum absolute atomic E-state index is 9.14. The van der Waals surface area contributed by atoms with Crippen LogP contribution in [-0.4, -0.2) is 0 Å². The molecular weight excluding hydrogens is 304 g/mol. The normalized spacial score (nSPS) is 9.95. The summed E-state index contributed by atoms with van der Waals surface area (Å²) in [6.45, 7) is 2.07. The molecule has 2 rings (SSSR count). The van der Waals surface area contributed by atoms with Crippen molar-refractivity contribution in [1.82, 2.24) is 0 Å². The molecule has 2 N–H and O–H groups in total. The lowest BCUT2D eigenvalue weighted by atomic mass is 10.1. The van der Waals surface area contributed by atoms with Gasteiger partial charge in [0, 0.05) is 4.47 Å². The molecule has 2 aromatic rings. The van der Waals surface area contributed by atoms with Gasteiger partial charge >= 0.3 is 0 Å². The van der Waals surface area contributed by atoms with Crippen molar-refractivity contribution in [1.29, 1.82) is 5.26 Å². The van der Waals surface area contributed by atoms with E-state index in [1.54, 1.807) is 12.1 Å². The second kappa shape index (κ2) is 5.77. The third-order valence-corrected chi connectivity index (χ3v) is 3.45. The Hall–Kier alpha value is -1.99. The SMILES string of the molecule is CCc1ccc(Oc2cccc(Br)c2C#N)c(N)c1. The first-order chi connectivity index (χ1) is 9.15. The Morgan fingerprint density at radius 3 is 2.68 bits per heavy atom. The summed E-state index contributed by atoms with van der Waals surface area (Å²) in [7, 11) is 0. The molecule has 0 saturated carbocycles. The van der Waals surface area contributed by atoms with E-state index in [2.05, 4.69) is 28.9 Å². The molecule has 0 unspecified atom stereocenters. The van der Waals surface area contributed by atoms with Gasteiger partial charge in [-0.25, -0.2) is 0 Å². The van der Waals surface area contributed by atoms with E-state index in [0.717, 1.165) is 12.0 Å². The fourth-order valence-corrected chi connectivity index (χ4v) is 2.16. The summed E-state index contributed by atoms with van der Waals surface area (Å²) >= 11 is 3.33. The van der Waals surface area contributed by atoms with Crippen LogP contribution in [0.15, 0.2) is 40.9 Å². The molecule has 0 aromatic heterocycles. The summed E-state index contributed by atoms with van der Waals surface area (Å²) < 4.78 is 6.44. The first kappa shape index (κ1) is 13.4. The minimum Gasteiger partial charge on any atom is -0.454 e. The number of benzene rings is 2. The lowest BCUT2D eigenvalue weighted by Crippen LogP contribution is -1.95. The Labute approximate surface area is 120 Å². The van der Waals surface area contributed by atoms with Gasteiger partial charge in [0.15, 0.2) is 0 Å². The third kappa shape index (κ3) is 2.88. The predicted octanol–water partition coefficient (Wildman–Crippen LogP) is 4.26. The Balaban J connectivity index is 2.37. The fraction of sp³-hybridized carbons (Fsp3) is 0.133. The van der Waals surface area contributed by atoms with Gasteiger partial charge in [0.25, 0.3) is 0 Å². The lowest BCUT2D eigenvalue weighted by molar-refractivity contribution is 0.483. The van der Waals surface area contributed by atoms with E-state index < -0.39 is 0 Å². The molecule has 0 aliphatic heterocycles. The van der Waals surface area contributed by atoms with Crippen molar-refractivity contribution < 1.29 is 4.74 Å². The van der Waals surface area contributed by atoms with Crippen molar-refractivity contribution in [3.63, 3.8) is 0 Å². The molecule has 0 radical (unpaired) electrons. The molecule has 0 aliphatic carbocycles. The summed E-state index contributed by atoms with van der Waals surface area (Å²) in [6.07, 6.45) is 0.921. The summed E-state index contributed by atoms with van der Waals surface area (Å²) in [5, 5.41) is 9.14. The Morgan fingerprint density at radius 2 is 2.05 bits per heavy atom. The van der Waals surface area contributed by atoms with Crippen LogP contribution in [-0.2, 0) is 6.42 Å². The molecule has 0 amide bonds. The van der Waals surface area contributed by atoms with E-state index >= 15 is 0 Å². The fourth-order valence-electron chi connectivity index (χ4n) is 1.73. The first-order valence-electron chi connectivity index (χ1n) is 5.90. The van der Waals surface area contributed by atoms with Gasteiger partial charge in [0.2, 0.25) is 0 Å². The van der Waals surface area contributed by atoms with Gasteiger partial charge in [-0.3, -0.25) is 0 Å². The monoisotopic (exact) mass is 316 g/mol. The van der Waals surface area contributed by atoms with Gasteiger partial charge in [-0.15, -0.1) is 0 Å². The van der Waals surface area contributed by atoms with E-state index in [0.29, 0.717) is 27.2 Å². The Kier molecular flexibility index (Phi) is 4.08. The number of nitrogen functional groups attached to an aromatic ring is 1. The van der Waals surface area contributed by atoms with Crippen LogP contribution in [0.3, 0.4) is 0 Å². The van der Waals surface area contributed by atoms with Crippen LogP contribution >= 0.6 is 15.9 Å². The minimum atomic E-state index is 0.460. The van der Waals surface area contributed by atoms with Gasteiger partial charge in [-0.1, -0.05) is 19.1 Å². The molecule has 0 heterocycles. The van der Waals surface area contributed by atoms with Crippen molar-refractivity contribution in [2.24, 2.45) is 0 Å². The summed E-state index contributed by atoms with van der Waals surface area (Å²) in [5.41, 5.74) is 8.14. The Morgan fingerprint density at radius 1 is 1.26 bits per heavy atom. The average molecular weight is 317 g/mol. The molecule has 4 heteroatoms. The van der Waals surface area contributed by atoms with E-state index in [1.807, 2.05) is 24.3 Å². The molecule has 3 nitrogen and oxygen atoms in total. The lowest BCUT2D eigenvalue weighted by Gasteiger charge is -2.11. The zero-order valence-corrected chi connectivity index (χ0v) is 12.1. The first-order valence-corrected chi connectivity index (χ1v) is 6.70. The number of hydrogen-bond donors (Lipinski definition) is 1. The molecule has 0 atom stereocenters. The van der Waals surface area contributed by atoms with Crippen LogP contribution in [0.2, 0.25) is 0 Å². The zero-order chi connectivity index (χ0) is 13.8. The highest BCUT2D eigenvalue weighted by atomic mass is 79.9. The second-order valence-electron chi connectivity index (χ2n) is 4.05. The molecule has 0 spiro atoms. The number of hydrogen-bond acceptors (Lipinski definition) is 3. The van der Waals surface area contributed by atoms with E-state index in [1.165, 1.54) is 0 Å². The van der Waals surface area contributed by atoms with Gasteiger partial charge in [0.05, 0.1) is 5.69 Å². The highest BCUT2D eigenvalue weighted by Gasteiger charge is 2.10. The van der Waals surface area contributed by atoms with Crippen LogP contribution in [0.1, 0.15) is 18.1 Å². The largest absolute Gasteiger partial charge is 0.454 e. The van der Waals surface area contributed by atoms with Gasteiger partial charge < -0.3 is 10.5 Å². The van der Waals surface area contributed by atoms with Crippen molar-refractivity contribution >= 4 is 21.6 Å². The number of rotatable bonds is 3. The molecule has 96 valence electrons.